The Balaban J connectivity index is 2.09. The van der Waals surface area contributed by atoms with Gasteiger partial charge < -0.3 is 16.0 Å². The van der Waals surface area contributed by atoms with Gasteiger partial charge in [-0.2, -0.15) is 0 Å². The second kappa shape index (κ2) is 4.27. The summed E-state index contributed by atoms with van der Waals surface area (Å²) in [6.07, 6.45) is 1.46. The maximum Gasteiger partial charge on any atom is 0.249 e. The van der Waals surface area contributed by atoms with E-state index in [0.29, 0.717) is 5.82 Å². The van der Waals surface area contributed by atoms with Gasteiger partial charge in [0.25, 0.3) is 0 Å². The lowest BCUT2D eigenvalue weighted by atomic mass is 10.3. The molecule has 0 bridgehead atoms. The number of benzene rings is 1. The Kier molecular flexibility index (Phi) is 2.82. The lowest BCUT2D eigenvalue weighted by molar-refractivity contribution is -0.117. The van der Waals surface area contributed by atoms with Crippen LogP contribution in [-0.2, 0) is 4.79 Å². The van der Waals surface area contributed by atoms with E-state index >= 15 is 0 Å². The highest BCUT2D eigenvalue weighted by molar-refractivity contribution is 7.80. The Morgan fingerprint density at radius 3 is 2.60 bits per heavy atom. The van der Waals surface area contributed by atoms with Crippen molar-refractivity contribution >= 4 is 24.2 Å². The predicted octanol–water partition coefficient (Wildman–Crippen LogP) is 0.873. The number of thiol groups is 1. The first-order valence-corrected chi connectivity index (χ1v) is 5.04. The molecule has 1 aliphatic heterocycles. The second-order valence-electron chi connectivity index (χ2n) is 3.10. The third kappa shape index (κ3) is 2.66. The number of para-hydroxylation sites is 1. The van der Waals surface area contributed by atoms with Gasteiger partial charge >= 0.3 is 0 Å². The minimum Gasteiger partial charge on any atom is -0.343 e. The molecule has 15 heavy (non-hydrogen) atoms. The van der Waals surface area contributed by atoms with E-state index in [1.807, 2.05) is 30.3 Å². The SMILES string of the molecule is O=C1C=C(Nc2ccccc2)NC(S)N1. The van der Waals surface area contributed by atoms with Gasteiger partial charge in [-0.3, -0.25) is 4.79 Å². The highest BCUT2D eigenvalue weighted by Gasteiger charge is 2.14. The number of hydrogen-bond donors (Lipinski definition) is 4. The molecule has 1 amide bonds. The molecule has 0 spiro atoms. The molecule has 3 N–H and O–H groups in total. The normalized spacial score (nSPS) is 19.9. The van der Waals surface area contributed by atoms with E-state index in [9.17, 15) is 4.79 Å². The molecule has 1 unspecified atom stereocenters. The van der Waals surface area contributed by atoms with Gasteiger partial charge in [0.05, 0.1) is 0 Å². The molecule has 0 fully saturated rings. The fourth-order valence-electron chi connectivity index (χ4n) is 1.28. The number of rotatable bonds is 2. The Bertz CT molecular complexity index is 391. The molecule has 0 saturated carbocycles. The molecule has 0 aromatic heterocycles. The summed E-state index contributed by atoms with van der Waals surface area (Å²) in [4.78, 5) is 11.2. The van der Waals surface area contributed by atoms with Crippen molar-refractivity contribution in [3.63, 3.8) is 0 Å². The first-order chi connectivity index (χ1) is 7.24. The fourth-order valence-corrected chi connectivity index (χ4v) is 1.55. The number of nitrogens with one attached hydrogen (secondary N) is 3. The number of carbonyl (C=O) groups is 1. The average Bonchev–Trinajstić information content (AvgIpc) is 2.17. The van der Waals surface area contributed by atoms with E-state index in [1.54, 1.807) is 0 Å². The first kappa shape index (κ1) is 9.92. The van der Waals surface area contributed by atoms with Crippen molar-refractivity contribution in [2.24, 2.45) is 0 Å². The van der Waals surface area contributed by atoms with Crippen LogP contribution < -0.4 is 16.0 Å². The van der Waals surface area contributed by atoms with Gasteiger partial charge in [0.1, 0.15) is 11.3 Å². The van der Waals surface area contributed by atoms with Gasteiger partial charge in [0.15, 0.2) is 0 Å². The van der Waals surface area contributed by atoms with Gasteiger partial charge in [-0.1, -0.05) is 18.2 Å². The lowest BCUT2D eigenvalue weighted by Gasteiger charge is -2.23. The van der Waals surface area contributed by atoms with Crippen LogP contribution in [-0.4, -0.2) is 11.4 Å². The zero-order valence-electron chi connectivity index (χ0n) is 7.90. The summed E-state index contributed by atoms with van der Waals surface area (Å²) < 4.78 is 0. The van der Waals surface area contributed by atoms with Crippen molar-refractivity contribution in [3.05, 3.63) is 42.2 Å². The summed E-state index contributed by atoms with van der Waals surface area (Å²) in [6, 6.07) is 9.61. The Morgan fingerprint density at radius 1 is 1.20 bits per heavy atom. The Hall–Kier alpha value is -1.62. The highest BCUT2D eigenvalue weighted by atomic mass is 32.1. The topological polar surface area (TPSA) is 53.2 Å². The molecule has 5 heteroatoms. The third-order valence-electron chi connectivity index (χ3n) is 1.90. The van der Waals surface area contributed by atoms with Crippen molar-refractivity contribution in [3.8, 4) is 0 Å². The fraction of sp³-hybridized carbons (Fsp3) is 0.100. The van der Waals surface area contributed by atoms with Gasteiger partial charge in [-0.05, 0) is 12.1 Å². The Labute approximate surface area is 93.2 Å². The summed E-state index contributed by atoms with van der Waals surface area (Å²) >= 11 is 4.12. The number of hydrogen-bond acceptors (Lipinski definition) is 4. The molecule has 1 atom stereocenters. The highest BCUT2D eigenvalue weighted by Crippen LogP contribution is 2.09. The summed E-state index contributed by atoms with van der Waals surface area (Å²) in [5.41, 5.74) is 0.570. The molecule has 0 aliphatic carbocycles. The molecule has 1 heterocycles. The number of anilines is 1. The molecule has 4 nitrogen and oxygen atoms in total. The van der Waals surface area contributed by atoms with Gasteiger partial charge in [-0.15, -0.1) is 12.6 Å². The molecule has 1 aromatic carbocycles. The molecule has 0 saturated heterocycles. The molecule has 78 valence electrons. The van der Waals surface area contributed by atoms with E-state index in [4.69, 9.17) is 0 Å². The van der Waals surface area contributed by atoms with Crippen LogP contribution in [0.25, 0.3) is 0 Å². The van der Waals surface area contributed by atoms with E-state index in [1.165, 1.54) is 6.08 Å². The zero-order chi connectivity index (χ0) is 10.7. The van der Waals surface area contributed by atoms with Gasteiger partial charge in [0, 0.05) is 11.8 Å². The van der Waals surface area contributed by atoms with Crippen LogP contribution >= 0.6 is 12.6 Å². The molecule has 2 rings (SSSR count). The molecule has 1 aromatic rings. The van der Waals surface area contributed by atoms with E-state index < -0.39 is 0 Å². The first-order valence-electron chi connectivity index (χ1n) is 4.53. The quantitative estimate of drug-likeness (QED) is 0.561. The number of carbonyl (C=O) groups excluding carboxylic acids is 1. The zero-order valence-corrected chi connectivity index (χ0v) is 8.79. The minimum absolute atomic E-state index is 0.160. The summed E-state index contributed by atoms with van der Waals surface area (Å²) in [6.45, 7) is 0. The van der Waals surface area contributed by atoms with Crippen LogP contribution in [0.5, 0.6) is 0 Å². The van der Waals surface area contributed by atoms with Crippen LogP contribution in [0.2, 0.25) is 0 Å². The summed E-state index contributed by atoms with van der Waals surface area (Å²) in [5, 5.41) is 8.65. The van der Waals surface area contributed by atoms with Gasteiger partial charge in [-0.25, -0.2) is 0 Å². The molecule has 0 radical (unpaired) electrons. The monoisotopic (exact) mass is 221 g/mol. The van der Waals surface area contributed by atoms with Crippen LogP contribution in [0, 0.1) is 0 Å². The maximum absolute atomic E-state index is 11.2. The van der Waals surface area contributed by atoms with E-state index in [2.05, 4.69) is 28.6 Å². The largest absolute Gasteiger partial charge is 0.343 e. The Morgan fingerprint density at radius 2 is 1.93 bits per heavy atom. The molecule has 1 aliphatic rings. The molecular weight excluding hydrogens is 210 g/mol. The average molecular weight is 221 g/mol. The summed E-state index contributed by atoms with van der Waals surface area (Å²) in [5.74, 6) is 0.483. The number of amides is 1. The van der Waals surface area contributed by atoms with E-state index in [0.717, 1.165) is 5.69 Å². The smallest absolute Gasteiger partial charge is 0.249 e. The maximum atomic E-state index is 11.2. The van der Waals surface area contributed by atoms with Crippen LogP contribution in [0.4, 0.5) is 5.69 Å². The van der Waals surface area contributed by atoms with Gasteiger partial charge in [0.2, 0.25) is 5.91 Å². The standard InChI is InChI=1S/C10H11N3OS/c14-9-6-8(12-10(15)13-9)11-7-4-2-1-3-5-7/h1-6,10-12,15H,(H,13,14). The lowest BCUT2D eigenvalue weighted by Crippen LogP contribution is -2.46. The second-order valence-corrected chi connectivity index (χ2v) is 3.62. The van der Waals surface area contributed by atoms with Crippen molar-refractivity contribution in [1.82, 2.24) is 10.6 Å². The third-order valence-corrected chi connectivity index (χ3v) is 2.16. The van der Waals surface area contributed by atoms with Crippen molar-refractivity contribution in [1.29, 1.82) is 0 Å². The summed E-state index contributed by atoms with van der Waals surface area (Å²) in [7, 11) is 0. The van der Waals surface area contributed by atoms with Crippen molar-refractivity contribution in [2.75, 3.05) is 5.32 Å². The predicted molar refractivity (Wildman–Crippen MR) is 62.2 cm³/mol. The minimum atomic E-state index is -0.353. The van der Waals surface area contributed by atoms with Crippen molar-refractivity contribution in [2.45, 2.75) is 5.50 Å². The van der Waals surface area contributed by atoms with Crippen LogP contribution in [0.3, 0.4) is 0 Å². The molecular formula is C10H11N3OS. The van der Waals surface area contributed by atoms with E-state index in [-0.39, 0.29) is 11.4 Å². The van der Waals surface area contributed by atoms with Crippen molar-refractivity contribution < 1.29 is 4.79 Å². The van der Waals surface area contributed by atoms with Crippen LogP contribution in [0.15, 0.2) is 42.2 Å². The van der Waals surface area contributed by atoms with Crippen LogP contribution in [0.1, 0.15) is 0 Å².